The van der Waals surface area contributed by atoms with Gasteiger partial charge in [0, 0.05) is 12.0 Å². The number of carboxylic acids is 1. The summed E-state index contributed by atoms with van der Waals surface area (Å²) in [6, 6.07) is 6.72. The first-order chi connectivity index (χ1) is 11.6. The van der Waals surface area contributed by atoms with Crippen LogP contribution >= 0.6 is 11.6 Å². The van der Waals surface area contributed by atoms with Crippen molar-refractivity contribution < 1.29 is 24.2 Å². The van der Waals surface area contributed by atoms with Gasteiger partial charge in [-0.05, 0) is 49.5 Å². The molecule has 0 aromatic heterocycles. The Bertz CT molecular complexity index is 551. The Kier molecular flexibility index (Phi) is 9.61. The van der Waals surface area contributed by atoms with Gasteiger partial charge in [-0.3, -0.25) is 0 Å². The highest BCUT2D eigenvalue weighted by molar-refractivity contribution is 6.17. The van der Waals surface area contributed by atoms with Crippen LogP contribution in [-0.2, 0) is 9.53 Å². The summed E-state index contributed by atoms with van der Waals surface area (Å²) in [6.45, 7) is 1.94. The van der Waals surface area contributed by atoms with Crippen molar-refractivity contribution in [3.05, 3.63) is 35.9 Å². The lowest BCUT2D eigenvalue weighted by Crippen LogP contribution is -2.09. The number of allylic oxidation sites excluding steroid dienone is 1. The Morgan fingerprint density at radius 2 is 1.79 bits per heavy atom. The molecule has 0 saturated heterocycles. The van der Waals surface area contributed by atoms with Gasteiger partial charge in [-0.25, -0.2) is 9.59 Å². The molecule has 0 saturated carbocycles. The number of unbranched alkanes of at least 4 members (excludes halogenated alkanes) is 3. The maximum Gasteiger partial charge on any atom is 0.513 e. The van der Waals surface area contributed by atoms with Crippen molar-refractivity contribution in [1.82, 2.24) is 0 Å². The quantitative estimate of drug-likeness (QED) is 0.213. The Morgan fingerprint density at radius 3 is 2.38 bits per heavy atom. The topological polar surface area (TPSA) is 72.8 Å². The van der Waals surface area contributed by atoms with E-state index in [1.807, 2.05) is 0 Å². The van der Waals surface area contributed by atoms with Crippen LogP contribution in [0.15, 0.2) is 30.3 Å². The van der Waals surface area contributed by atoms with Crippen LogP contribution in [0.1, 0.15) is 44.6 Å². The molecule has 0 fully saturated rings. The van der Waals surface area contributed by atoms with E-state index < -0.39 is 12.1 Å². The summed E-state index contributed by atoms with van der Waals surface area (Å²) in [7, 11) is 0. The number of aliphatic carboxylic acids is 1. The zero-order chi connectivity index (χ0) is 17.8. The summed E-state index contributed by atoms with van der Waals surface area (Å²) in [5.41, 5.74) is 1.54. The van der Waals surface area contributed by atoms with E-state index in [-0.39, 0.29) is 6.61 Å². The number of carbonyl (C=O) groups excluding carboxylic acids is 1. The number of halogens is 1. The van der Waals surface area contributed by atoms with Gasteiger partial charge in [0.2, 0.25) is 0 Å². The fourth-order valence-corrected chi connectivity index (χ4v) is 2.38. The third-order valence-corrected chi connectivity index (χ3v) is 3.58. The SMILES string of the molecule is CCOC(=O)Oc1ccc(/C(=C/C(=O)O)CCCCCCCl)cc1. The Balaban J connectivity index is 2.69. The van der Waals surface area contributed by atoms with Crippen molar-refractivity contribution in [2.75, 3.05) is 12.5 Å². The molecule has 1 aromatic rings. The second-order valence-corrected chi connectivity index (χ2v) is 5.55. The maximum absolute atomic E-state index is 11.3. The van der Waals surface area contributed by atoms with E-state index in [0.29, 0.717) is 18.1 Å². The Morgan fingerprint density at radius 1 is 1.12 bits per heavy atom. The number of hydrogen-bond acceptors (Lipinski definition) is 4. The molecule has 0 radical (unpaired) electrons. The van der Waals surface area contributed by atoms with E-state index in [0.717, 1.165) is 36.8 Å². The number of benzene rings is 1. The lowest BCUT2D eigenvalue weighted by atomic mass is 9.99. The van der Waals surface area contributed by atoms with E-state index in [2.05, 4.69) is 0 Å². The third kappa shape index (κ3) is 8.02. The summed E-state index contributed by atoms with van der Waals surface area (Å²) in [5, 5.41) is 9.04. The molecule has 0 aliphatic heterocycles. The molecule has 0 atom stereocenters. The van der Waals surface area contributed by atoms with Gasteiger partial charge in [0.25, 0.3) is 0 Å². The molecule has 0 bridgehead atoms. The van der Waals surface area contributed by atoms with Crippen molar-refractivity contribution in [3.8, 4) is 5.75 Å². The van der Waals surface area contributed by atoms with E-state index in [9.17, 15) is 9.59 Å². The second kappa shape index (κ2) is 11.5. The van der Waals surface area contributed by atoms with Crippen LogP contribution in [0.5, 0.6) is 5.75 Å². The number of carbonyl (C=O) groups is 2. The molecule has 1 rings (SSSR count). The molecule has 24 heavy (non-hydrogen) atoms. The van der Waals surface area contributed by atoms with E-state index in [1.54, 1.807) is 31.2 Å². The highest BCUT2D eigenvalue weighted by Gasteiger charge is 2.08. The van der Waals surface area contributed by atoms with E-state index in [4.69, 9.17) is 26.2 Å². The van der Waals surface area contributed by atoms with Gasteiger partial charge in [-0.15, -0.1) is 11.6 Å². The highest BCUT2D eigenvalue weighted by atomic mass is 35.5. The molecule has 132 valence electrons. The molecule has 1 aromatic carbocycles. The standard InChI is InChI=1S/C18H23ClO5/c1-2-23-18(22)24-16-10-8-14(9-11-16)15(13-17(20)21)7-5-3-4-6-12-19/h8-11,13H,2-7,12H2,1H3,(H,20,21)/b15-13+. The van der Waals surface area contributed by atoms with Gasteiger partial charge >= 0.3 is 12.1 Å². The third-order valence-electron chi connectivity index (χ3n) is 3.32. The van der Waals surface area contributed by atoms with Crippen molar-refractivity contribution in [2.45, 2.75) is 39.0 Å². The lowest BCUT2D eigenvalue weighted by Gasteiger charge is -2.09. The fraction of sp³-hybridized carbons (Fsp3) is 0.444. The highest BCUT2D eigenvalue weighted by Crippen LogP contribution is 2.24. The molecule has 0 aliphatic rings. The molecule has 0 unspecified atom stereocenters. The minimum atomic E-state index is -0.974. The fourth-order valence-electron chi connectivity index (χ4n) is 2.19. The Hall–Kier alpha value is -2.01. The average molecular weight is 355 g/mol. The van der Waals surface area contributed by atoms with Crippen molar-refractivity contribution in [2.24, 2.45) is 0 Å². The minimum absolute atomic E-state index is 0.242. The number of alkyl halides is 1. The van der Waals surface area contributed by atoms with Crippen LogP contribution in [0, 0.1) is 0 Å². The van der Waals surface area contributed by atoms with Gasteiger partial charge in [0.05, 0.1) is 6.61 Å². The molecule has 0 amide bonds. The van der Waals surface area contributed by atoms with Crippen LogP contribution < -0.4 is 4.74 Å². The molecule has 0 spiro atoms. The van der Waals surface area contributed by atoms with Crippen LogP contribution in [-0.4, -0.2) is 29.7 Å². The molecular formula is C18H23ClO5. The molecular weight excluding hydrogens is 332 g/mol. The first-order valence-corrected chi connectivity index (χ1v) is 8.54. The number of hydrogen-bond donors (Lipinski definition) is 1. The largest absolute Gasteiger partial charge is 0.513 e. The summed E-state index contributed by atoms with van der Waals surface area (Å²) >= 11 is 5.64. The predicted octanol–water partition coefficient (Wildman–Crippen LogP) is 4.88. The normalized spacial score (nSPS) is 11.2. The molecule has 6 heteroatoms. The molecule has 0 heterocycles. The zero-order valence-electron chi connectivity index (χ0n) is 13.8. The summed E-state index contributed by atoms with van der Waals surface area (Å²) in [6.07, 6.45) is 5.06. The smallest absolute Gasteiger partial charge is 0.478 e. The van der Waals surface area contributed by atoms with E-state index in [1.165, 1.54) is 6.08 Å². The molecule has 0 aliphatic carbocycles. The molecule has 5 nitrogen and oxygen atoms in total. The van der Waals surface area contributed by atoms with Crippen molar-refractivity contribution in [3.63, 3.8) is 0 Å². The van der Waals surface area contributed by atoms with Crippen LogP contribution in [0.2, 0.25) is 0 Å². The summed E-state index contributed by atoms with van der Waals surface area (Å²) < 4.78 is 9.69. The van der Waals surface area contributed by atoms with Crippen LogP contribution in [0.3, 0.4) is 0 Å². The second-order valence-electron chi connectivity index (χ2n) is 5.17. The summed E-state index contributed by atoms with van der Waals surface area (Å²) in [4.78, 5) is 22.3. The average Bonchev–Trinajstić information content (AvgIpc) is 2.54. The van der Waals surface area contributed by atoms with Crippen molar-refractivity contribution >= 4 is 29.3 Å². The maximum atomic E-state index is 11.3. The monoisotopic (exact) mass is 354 g/mol. The van der Waals surface area contributed by atoms with Gasteiger partial charge in [0.1, 0.15) is 5.75 Å². The molecule has 1 N–H and O–H groups in total. The van der Waals surface area contributed by atoms with Gasteiger partial charge in [-0.2, -0.15) is 0 Å². The predicted molar refractivity (Wildman–Crippen MR) is 93.5 cm³/mol. The van der Waals surface area contributed by atoms with Crippen molar-refractivity contribution in [1.29, 1.82) is 0 Å². The first kappa shape index (κ1) is 20.0. The van der Waals surface area contributed by atoms with Crippen LogP contribution in [0.25, 0.3) is 5.57 Å². The lowest BCUT2D eigenvalue weighted by molar-refractivity contribution is -0.131. The number of ether oxygens (including phenoxy) is 2. The number of rotatable bonds is 10. The van der Waals surface area contributed by atoms with E-state index >= 15 is 0 Å². The van der Waals surface area contributed by atoms with Gasteiger partial charge < -0.3 is 14.6 Å². The summed E-state index contributed by atoms with van der Waals surface area (Å²) in [5.74, 6) is 0.0336. The first-order valence-electron chi connectivity index (χ1n) is 8.01. The Labute approximate surface area is 147 Å². The number of carboxylic acid groups (broad SMARTS) is 1. The van der Waals surface area contributed by atoms with Crippen LogP contribution in [0.4, 0.5) is 4.79 Å². The van der Waals surface area contributed by atoms with Gasteiger partial charge in [-0.1, -0.05) is 25.0 Å². The van der Waals surface area contributed by atoms with Gasteiger partial charge in [0.15, 0.2) is 0 Å². The zero-order valence-corrected chi connectivity index (χ0v) is 14.6. The minimum Gasteiger partial charge on any atom is -0.478 e.